The number of benzene rings is 1. The summed E-state index contributed by atoms with van der Waals surface area (Å²) < 4.78 is 1.00. The quantitative estimate of drug-likeness (QED) is 0.871. The fourth-order valence-corrected chi connectivity index (χ4v) is 2.40. The Morgan fingerprint density at radius 3 is 2.63 bits per heavy atom. The van der Waals surface area contributed by atoms with E-state index in [2.05, 4.69) is 25.8 Å². The van der Waals surface area contributed by atoms with Gasteiger partial charge in [0.15, 0.2) is 0 Å². The summed E-state index contributed by atoms with van der Waals surface area (Å²) in [7, 11) is 2.02. The minimum absolute atomic E-state index is 0.407. The third-order valence-corrected chi connectivity index (χ3v) is 3.52. The van der Waals surface area contributed by atoms with Gasteiger partial charge < -0.3 is 10.6 Å². The molecule has 2 N–H and O–H groups in total. The largest absolute Gasteiger partial charge is 0.389 e. The topological polar surface area (TPSA) is 42.2 Å². The molecule has 3 nitrogen and oxygen atoms in total. The number of hydrogen-bond acceptors (Lipinski definition) is 3. The number of pyridine rings is 1. The van der Waals surface area contributed by atoms with Gasteiger partial charge in [0.25, 0.3) is 0 Å². The summed E-state index contributed by atoms with van der Waals surface area (Å²) >= 11 is 8.58. The predicted octanol–water partition coefficient (Wildman–Crippen LogP) is 3.11. The Balaban J connectivity index is 2.30. The molecule has 0 atom stereocenters. The van der Waals surface area contributed by atoms with Crippen molar-refractivity contribution < 1.29 is 0 Å². The molecule has 0 saturated heterocycles. The summed E-state index contributed by atoms with van der Waals surface area (Å²) in [4.78, 5) is 6.54. The van der Waals surface area contributed by atoms with Gasteiger partial charge in [-0.3, -0.25) is 4.98 Å². The fraction of sp³-hybridized carbons (Fsp3) is 0.143. The SMILES string of the molecule is CN(Cc1ccncc1)c1cc(Br)ccc1C(N)=S. The van der Waals surface area contributed by atoms with Crippen molar-refractivity contribution in [1.82, 2.24) is 4.98 Å². The van der Waals surface area contributed by atoms with Crippen molar-refractivity contribution in [2.24, 2.45) is 5.73 Å². The lowest BCUT2D eigenvalue weighted by molar-refractivity contribution is 0.918. The average molecular weight is 336 g/mol. The smallest absolute Gasteiger partial charge is 0.106 e. The van der Waals surface area contributed by atoms with Crippen LogP contribution >= 0.6 is 28.1 Å². The Labute approximate surface area is 126 Å². The van der Waals surface area contributed by atoms with E-state index in [4.69, 9.17) is 18.0 Å². The Morgan fingerprint density at radius 1 is 1.32 bits per heavy atom. The highest BCUT2D eigenvalue weighted by molar-refractivity contribution is 9.10. The van der Waals surface area contributed by atoms with Crippen LogP contribution in [0.1, 0.15) is 11.1 Å². The summed E-state index contributed by atoms with van der Waals surface area (Å²) in [6.07, 6.45) is 3.58. The summed E-state index contributed by atoms with van der Waals surface area (Å²) in [5.41, 5.74) is 8.86. The Hall–Kier alpha value is -1.46. The highest BCUT2D eigenvalue weighted by atomic mass is 79.9. The minimum atomic E-state index is 0.407. The number of rotatable bonds is 4. The van der Waals surface area contributed by atoms with E-state index in [0.717, 1.165) is 22.3 Å². The van der Waals surface area contributed by atoms with Gasteiger partial charge in [0.1, 0.15) is 4.99 Å². The highest BCUT2D eigenvalue weighted by Crippen LogP contribution is 2.25. The zero-order valence-electron chi connectivity index (χ0n) is 10.5. The van der Waals surface area contributed by atoms with Gasteiger partial charge in [-0.05, 0) is 35.9 Å². The van der Waals surface area contributed by atoms with Crippen LogP contribution in [0.2, 0.25) is 0 Å². The highest BCUT2D eigenvalue weighted by Gasteiger charge is 2.10. The van der Waals surface area contributed by atoms with E-state index < -0.39 is 0 Å². The first-order chi connectivity index (χ1) is 9.08. The van der Waals surface area contributed by atoms with Crippen molar-refractivity contribution in [3.8, 4) is 0 Å². The standard InChI is InChI=1S/C14H14BrN3S/c1-18(9-10-4-6-17-7-5-10)13-8-11(15)2-3-12(13)14(16)19/h2-8H,9H2,1H3,(H2,16,19). The molecule has 0 aliphatic rings. The van der Waals surface area contributed by atoms with Crippen molar-refractivity contribution in [2.75, 3.05) is 11.9 Å². The molecule has 0 amide bonds. The molecule has 5 heteroatoms. The number of nitrogens with zero attached hydrogens (tertiary/aromatic N) is 2. The van der Waals surface area contributed by atoms with Crippen LogP contribution in [0.25, 0.3) is 0 Å². The van der Waals surface area contributed by atoms with E-state index in [9.17, 15) is 0 Å². The number of nitrogens with two attached hydrogens (primary N) is 1. The monoisotopic (exact) mass is 335 g/mol. The van der Waals surface area contributed by atoms with E-state index in [1.165, 1.54) is 5.56 Å². The first kappa shape index (κ1) is 14.0. The second-order valence-electron chi connectivity index (χ2n) is 4.24. The molecular formula is C14H14BrN3S. The third kappa shape index (κ3) is 3.52. The first-order valence-corrected chi connectivity index (χ1v) is 6.97. The lowest BCUT2D eigenvalue weighted by Crippen LogP contribution is -2.21. The summed E-state index contributed by atoms with van der Waals surface area (Å²) in [5.74, 6) is 0. The van der Waals surface area contributed by atoms with Crippen LogP contribution in [0.4, 0.5) is 5.69 Å². The molecule has 19 heavy (non-hydrogen) atoms. The zero-order chi connectivity index (χ0) is 13.8. The fourth-order valence-electron chi connectivity index (χ4n) is 1.88. The number of anilines is 1. The molecule has 2 aromatic rings. The van der Waals surface area contributed by atoms with Gasteiger partial charge in [-0.15, -0.1) is 0 Å². The first-order valence-electron chi connectivity index (χ1n) is 5.77. The van der Waals surface area contributed by atoms with Crippen molar-refractivity contribution in [1.29, 1.82) is 0 Å². The molecular weight excluding hydrogens is 322 g/mol. The lowest BCUT2D eigenvalue weighted by Gasteiger charge is -2.22. The maximum Gasteiger partial charge on any atom is 0.106 e. The van der Waals surface area contributed by atoms with Crippen LogP contribution in [0.15, 0.2) is 47.2 Å². The van der Waals surface area contributed by atoms with Crippen LogP contribution in [0.3, 0.4) is 0 Å². The van der Waals surface area contributed by atoms with Crippen LogP contribution in [0.5, 0.6) is 0 Å². The number of thiocarbonyl (C=S) groups is 1. The molecule has 0 radical (unpaired) electrons. The minimum Gasteiger partial charge on any atom is -0.389 e. The summed E-state index contributed by atoms with van der Waals surface area (Å²) in [5, 5.41) is 0. The maximum absolute atomic E-state index is 5.78. The molecule has 0 unspecified atom stereocenters. The van der Waals surface area contributed by atoms with E-state index in [-0.39, 0.29) is 0 Å². The van der Waals surface area contributed by atoms with Crippen molar-refractivity contribution >= 4 is 38.8 Å². The number of halogens is 1. The Morgan fingerprint density at radius 2 is 2.00 bits per heavy atom. The van der Waals surface area contributed by atoms with Gasteiger partial charge in [0.2, 0.25) is 0 Å². The second-order valence-corrected chi connectivity index (χ2v) is 5.59. The van der Waals surface area contributed by atoms with E-state index in [1.807, 2.05) is 37.4 Å². The lowest BCUT2D eigenvalue weighted by atomic mass is 10.1. The average Bonchev–Trinajstić information content (AvgIpc) is 2.39. The number of hydrogen-bond donors (Lipinski definition) is 1. The van der Waals surface area contributed by atoms with Crippen molar-refractivity contribution in [3.05, 3.63) is 58.3 Å². The third-order valence-electron chi connectivity index (χ3n) is 2.81. The van der Waals surface area contributed by atoms with Crippen molar-refractivity contribution in [2.45, 2.75) is 6.54 Å². The van der Waals surface area contributed by atoms with E-state index in [0.29, 0.717) is 4.99 Å². The van der Waals surface area contributed by atoms with Crippen molar-refractivity contribution in [3.63, 3.8) is 0 Å². The molecule has 0 aliphatic carbocycles. The molecule has 0 aliphatic heterocycles. The van der Waals surface area contributed by atoms with Gasteiger partial charge in [-0.2, -0.15) is 0 Å². The molecule has 0 spiro atoms. The van der Waals surface area contributed by atoms with Gasteiger partial charge in [0, 0.05) is 41.7 Å². The normalized spacial score (nSPS) is 10.2. The molecule has 0 bridgehead atoms. The second kappa shape index (κ2) is 6.12. The molecule has 0 saturated carbocycles. The predicted molar refractivity (Wildman–Crippen MR) is 86.4 cm³/mol. The van der Waals surface area contributed by atoms with Gasteiger partial charge in [-0.1, -0.05) is 28.1 Å². The summed E-state index contributed by atoms with van der Waals surface area (Å²) in [6, 6.07) is 9.89. The van der Waals surface area contributed by atoms with E-state index in [1.54, 1.807) is 12.4 Å². The van der Waals surface area contributed by atoms with Gasteiger partial charge in [-0.25, -0.2) is 0 Å². The van der Waals surface area contributed by atoms with Crippen LogP contribution in [-0.4, -0.2) is 17.0 Å². The van der Waals surface area contributed by atoms with Crippen LogP contribution in [0, 0.1) is 0 Å². The molecule has 2 rings (SSSR count). The van der Waals surface area contributed by atoms with Crippen LogP contribution < -0.4 is 10.6 Å². The van der Waals surface area contributed by atoms with Gasteiger partial charge in [0.05, 0.1) is 0 Å². The molecule has 1 heterocycles. The van der Waals surface area contributed by atoms with E-state index >= 15 is 0 Å². The maximum atomic E-state index is 5.78. The Bertz CT molecular complexity index is 586. The summed E-state index contributed by atoms with van der Waals surface area (Å²) in [6.45, 7) is 0.772. The molecule has 1 aromatic carbocycles. The zero-order valence-corrected chi connectivity index (χ0v) is 12.9. The molecule has 98 valence electrons. The van der Waals surface area contributed by atoms with Crippen LogP contribution in [-0.2, 0) is 6.54 Å². The molecule has 0 fully saturated rings. The Kier molecular flexibility index (Phi) is 4.50. The molecule has 1 aromatic heterocycles. The van der Waals surface area contributed by atoms with Gasteiger partial charge >= 0.3 is 0 Å². The number of aromatic nitrogens is 1.